The van der Waals surface area contributed by atoms with Crippen molar-refractivity contribution in [3.8, 4) is 18.1 Å². The van der Waals surface area contributed by atoms with Crippen molar-refractivity contribution in [1.29, 1.82) is 0 Å². The molecular formula is C11H13NO. The number of rotatable bonds is 3. The molecule has 0 saturated heterocycles. The first-order valence-electron chi connectivity index (χ1n) is 4.26. The van der Waals surface area contributed by atoms with E-state index in [0.29, 0.717) is 6.54 Å². The zero-order chi connectivity index (χ0) is 9.68. The van der Waals surface area contributed by atoms with Gasteiger partial charge in [0.05, 0.1) is 12.2 Å². The van der Waals surface area contributed by atoms with Gasteiger partial charge in [-0.3, -0.25) is 0 Å². The molecule has 0 spiro atoms. The summed E-state index contributed by atoms with van der Waals surface area (Å²) in [4.78, 5) is 1.94. The molecule has 0 aromatic heterocycles. The van der Waals surface area contributed by atoms with E-state index in [9.17, 15) is 5.11 Å². The maximum Gasteiger partial charge on any atom is 0.138 e. The summed E-state index contributed by atoms with van der Waals surface area (Å²) in [5.74, 6) is 2.84. The van der Waals surface area contributed by atoms with Gasteiger partial charge in [0.15, 0.2) is 0 Å². The van der Waals surface area contributed by atoms with Crippen LogP contribution in [0.1, 0.15) is 6.92 Å². The van der Waals surface area contributed by atoms with Gasteiger partial charge in [-0.15, -0.1) is 6.42 Å². The minimum absolute atomic E-state index is 0.277. The van der Waals surface area contributed by atoms with Crippen LogP contribution in [0.25, 0.3) is 0 Å². The second kappa shape index (κ2) is 4.42. The lowest BCUT2D eigenvalue weighted by molar-refractivity contribution is 0.474. The number of anilines is 1. The van der Waals surface area contributed by atoms with E-state index in [1.54, 1.807) is 12.1 Å². The van der Waals surface area contributed by atoms with Crippen LogP contribution in [-0.2, 0) is 0 Å². The Balaban J connectivity index is 2.92. The Bertz CT molecular complexity index is 314. The molecule has 0 saturated carbocycles. The lowest BCUT2D eigenvalue weighted by atomic mass is 10.2. The fourth-order valence-corrected chi connectivity index (χ4v) is 1.21. The smallest absolute Gasteiger partial charge is 0.138 e. The second-order valence-corrected chi connectivity index (χ2v) is 2.71. The monoisotopic (exact) mass is 175 g/mol. The Morgan fingerprint density at radius 1 is 1.46 bits per heavy atom. The van der Waals surface area contributed by atoms with Gasteiger partial charge in [0.1, 0.15) is 5.75 Å². The number of para-hydroxylation sites is 2. The molecule has 1 aromatic carbocycles. The van der Waals surface area contributed by atoms with Gasteiger partial charge < -0.3 is 10.0 Å². The predicted octanol–water partition coefficient (Wildman–Crippen LogP) is 1.85. The summed E-state index contributed by atoms with van der Waals surface area (Å²) >= 11 is 0. The van der Waals surface area contributed by atoms with Crippen molar-refractivity contribution in [1.82, 2.24) is 0 Å². The van der Waals surface area contributed by atoms with E-state index < -0.39 is 0 Å². The minimum Gasteiger partial charge on any atom is -0.506 e. The molecule has 1 rings (SSSR count). The highest BCUT2D eigenvalue weighted by Gasteiger charge is 2.05. The molecule has 0 atom stereocenters. The van der Waals surface area contributed by atoms with Gasteiger partial charge in [-0.2, -0.15) is 0 Å². The first kappa shape index (κ1) is 9.47. The maximum atomic E-state index is 9.53. The molecule has 0 fully saturated rings. The summed E-state index contributed by atoms with van der Waals surface area (Å²) in [6, 6.07) is 7.20. The molecule has 1 aromatic rings. The molecule has 2 nitrogen and oxygen atoms in total. The SMILES string of the molecule is C#CCN(CC)c1ccccc1O. The molecule has 0 aliphatic carbocycles. The standard InChI is InChI=1S/C11H13NO/c1-3-9-12(4-2)10-7-5-6-8-11(10)13/h1,5-8,13H,4,9H2,2H3. The number of hydrogen-bond donors (Lipinski definition) is 1. The van der Waals surface area contributed by atoms with Crippen molar-refractivity contribution in [2.24, 2.45) is 0 Å². The van der Waals surface area contributed by atoms with E-state index in [2.05, 4.69) is 5.92 Å². The molecule has 0 radical (unpaired) electrons. The number of phenolic OH excluding ortho intramolecular Hbond substituents is 1. The van der Waals surface area contributed by atoms with Crippen LogP contribution in [0.2, 0.25) is 0 Å². The maximum absolute atomic E-state index is 9.53. The summed E-state index contributed by atoms with van der Waals surface area (Å²) in [7, 11) is 0. The molecule has 1 N–H and O–H groups in total. The highest BCUT2D eigenvalue weighted by Crippen LogP contribution is 2.25. The van der Waals surface area contributed by atoms with Crippen molar-refractivity contribution < 1.29 is 5.11 Å². The van der Waals surface area contributed by atoms with Gasteiger partial charge in [0.2, 0.25) is 0 Å². The van der Waals surface area contributed by atoms with E-state index in [1.807, 2.05) is 24.0 Å². The average Bonchev–Trinajstić information content (AvgIpc) is 2.16. The summed E-state index contributed by atoms with van der Waals surface area (Å²) in [6.07, 6.45) is 5.22. The van der Waals surface area contributed by atoms with Crippen molar-refractivity contribution in [2.75, 3.05) is 18.0 Å². The molecule has 68 valence electrons. The van der Waals surface area contributed by atoms with Crippen LogP contribution in [-0.4, -0.2) is 18.2 Å². The third kappa shape index (κ3) is 2.16. The van der Waals surface area contributed by atoms with Gasteiger partial charge in [-0.1, -0.05) is 18.1 Å². The summed E-state index contributed by atoms with van der Waals surface area (Å²) in [5.41, 5.74) is 0.794. The van der Waals surface area contributed by atoms with E-state index >= 15 is 0 Å². The second-order valence-electron chi connectivity index (χ2n) is 2.71. The minimum atomic E-state index is 0.277. The van der Waals surface area contributed by atoms with Gasteiger partial charge in [-0.25, -0.2) is 0 Å². The van der Waals surface area contributed by atoms with E-state index in [1.165, 1.54) is 0 Å². The van der Waals surface area contributed by atoms with Crippen molar-refractivity contribution in [3.05, 3.63) is 24.3 Å². The molecule has 0 unspecified atom stereocenters. The van der Waals surface area contributed by atoms with Crippen molar-refractivity contribution in [2.45, 2.75) is 6.92 Å². The zero-order valence-electron chi connectivity index (χ0n) is 7.70. The normalized spacial score (nSPS) is 9.23. The molecule has 0 aliphatic rings. The van der Waals surface area contributed by atoms with Crippen LogP contribution in [0.4, 0.5) is 5.69 Å². The molecule has 0 aliphatic heterocycles. The molecule has 13 heavy (non-hydrogen) atoms. The number of terminal acetylenes is 1. The number of nitrogens with zero attached hydrogens (tertiary/aromatic N) is 1. The Morgan fingerprint density at radius 3 is 2.69 bits per heavy atom. The lowest BCUT2D eigenvalue weighted by Crippen LogP contribution is -2.22. The van der Waals surface area contributed by atoms with Crippen LogP contribution in [0.3, 0.4) is 0 Å². The average molecular weight is 175 g/mol. The summed E-state index contributed by atoms with van der Waals surface area (Å²) in [5, 5.41) is 9.53. The highest BCUT2D eigenvalue weighted by molar-refractivity contribution is 5.58. The van der Waals surface area contributed by atoms with E-state index in [4.69, 9.17) is 6.42 Å². The van der Waals surface area contributed by atoms with Crippen LogP contribution >= 0.6 is 0 Å². The van der Waals surface area contributed by atoms with E-state index in [0.717, 1.165) is 12.2 Å². The third-order valence-corrected chi connectivity index (χ3v) is 1.89. The Hall–Kier alpha value is -1.62. The Morgan fingerprint density at radius 2 is 2.15 bits per heavy atom. The zero-order valence-corrected chi connectivity index (χ0v) is 7.70. The lowest BCUT2D eigenvalue weighted by Gasteiger charge is -2.20. The van der Waals surface area contributed by atoms with E-state index in [-0.39, 0.29) is 5.75 Å². The van der Waals surface area contributed by atoms with Crippen molar-refractivity contribution >= 4 is 5.69 Å². The fourth-order valence-electron chi connectivity index (χ4n) is 1.21. The first-order chi connectivity index (χ1) is 6.29. The Labute approximate surface area is 78.8 Å². The fraction of sp³-hybridized carbons (Fsp3) is 0.273. The van der Waals surface area contributed by atoms with Crippen LogP contribution < -0.4 is 4.90 Å². The topological polar surface area (TPSA) is 23.5 Å². The van der Waals surface area contributed by atoms with Gasteiger partial charge in [0.25, 0.3) is 0 Å². The predicted molar refractivity (Wildman–Crippen MR) is 54.8 cm³/mol. The first-order valence-corrected chi connectivity index (χ1v) is 4.26. The number of aromatic hydroxyl groups is 1. The summed E-state index contributed by atoms with van der Waals surface area (Å²) < 4.78 is 0. The van der Waals surface area contributed by atoms with Gasteiger partial charge >= 0.3 is 0 Å². The number of hydrogen-bond acceptors (Lipinski definition) is 2. The van der Waals surface area contributed by atoms with Gasteiger partial charge in [-0.05, 0) is 19.1 Å². The highest BCUT2D eigenvalue weighted by atomic mass is 16.3. The van der Waals surface area contributed by atoms with Gasteiger partial charge in [0, 0.05) is 6.54 Å². The summed E-state index contributed by atoms with van der Waals surface area (Å²) in [6.45, 7) is 3.32. The quantitative estimate of drug-likeness (QED) is 0.709. The molecule has 2 heteroatoms. The third-order valence-electron chi connectivity index (χ3n) is 1.89. The molecule has 0 amide bonds. The molecule has 0 bridgehead atoms. The Kier molecular flexibility index (Phi) is 3.22. The number of phenols is 1. The van der Waals surface area contributed by atoms with Crippen molar-refractivity contribution in [3.63, 3.8) is 0 Å². The van der Waals surface area contributed by atoms with Crippen LogP contribution in [0.5, 0.6) is 5.75 Å². The molecule has 0 heterocycles. The van der Waals surface area contributed by atoms with Crippen LogP contribution in [0, 0.1) is 12.3 Å². The number of benzene rings is 1. The van der Waals surface area contributed by atoms with Crippen LogP contribution in [0.15, 0.2) is 24.3 Å². The molecular weight excluding hydrogens is 162 g/mol. The largest absolute Gasteiger partial charge is 0.506 e.